The summed E-state index contributed by atoms with van der Waals surface area (Å²) in [6.45, 7) is 0. The number of phenolic OH excluding ortho intramolecular Hbond substituents is 2. The van der Waals surface area contributed by atoms with Crippen LogP contribution in [0.15, 0.2) is 16.5 Å². The highest BCUT2D eigenvalue weighted by molar-refractivity contribution is 6.14. The zero-order valence-corrected chi connectivity index (χ0v) is 13.1. The van der Waals surface area contributed by atoms with Gasteiger partial charge in [0, 0.05) is 5.39 Å². The van der Waals surface area contributed by atoms with Crippen molar-refractivity contribution >= 4 is 21.9 Å². The quantitative estimate of drug-likeness (QED) is 0.763. The van der Waals surface area contributed by atoms with Crippen LogP contribution in [0.1, 0.15) is 0 Å². The smallest absolute Gasteiger partial charge is 0.211 e. The number of ether oxygens (including phenoxy) is 4. The van der Waals surface area contributed by atoms with Crippen LogP contribution in [0.25, 0.3) is 21.9 Å². The number of methoxy groups -OCH3 is 4. The van der Waals surface area contributed by atoms with E-state index in [0.717, 1.165) is 0 Å². The van der Waals surface area contributed by atoms with E-state index in [0.29, 0.717) is 10.8 Å². The fourth-order valence-corrected chi connectivity index (χ4v) is 2.68. The average molecular weight is 320 g/mol. The molecule has 0 radical (unpaired) electrons. The van der Waals surface area contributed by atoms with E-state index in [2.05, 4.69) is 0 Å². The summed E-state index contributed by atoms with van der Waals surface area (Å²) in [5.41, 5.74) is 0.407. The van der Waals surface area contributed by atoms with Crippen molar-refractivity contribution in [3.8, 4) is 34.5 Å². The Balaban J connectivity index is 2.55. The molecule has 2 aromatic carbocycles. The lowest BCUT2D eigenvalue weighted by atomic mass is 10.1. The van der Waals surface area contributed by atoms with Crippen molar-refractivity contribution < 1.29 is 33.6 Å². The van der Waals surface area contributed by atoms with Gasteiger partial charge in [-0.3, -0.25) is 0 Å². The van der Waals surface area contributed by atoms with Crippen LogP contribution in [0.2, 0.25) is 0 Å². The standard InChI is InChI=1S/C16H16O7/c1-19-8-6-5-7-9-11(18)14(20-2)16(22-4)15(21-3)13(9)23-12(7)10(8)17/h5-6,17-18H,1-4H3. The van der Waals surface area contributed by atoms with Gasteiger partial charge in [-0.05, 0) is 12.1 Å². The second-order valence-electron chi connectivity index (χ2n) is 4.75. The highest BCUT2D eigenvalue weighted by Crippen LogP contribution is 2.54. The van der Waals surface area contributed by atoms with Gasteiger partial charge in [0.2, 0.25) is 23.0 Å². The van der Waals surface area contributed by atoms with Gasteiger partial charge in [0.15, 0.2) is 22.7 Å². The lowest BCUT2D eigenvalue weighted by Crippen LogP contribution is -1.95. The Hall–Kier alpha value is -2.96. The zero-order chi connectivity index (χ0) is 16.7. The van der Waals surface area contributed by atoms with Crippen molar-refractivity contribution in [1.82, 2.24) is 0 Å². The third-order valence-electron chi connectivity index (χ3n) is 3.70. The molecule has 1 aromatic heterocycles. The number of phenols is 2. The molecule has 7 heteroatoms. The predicted molar refractivity (Wildman–Crippen MR) is 83.3 cm³/mol. The van der Waals surface area contributed by atoms with E-state index in [1.54, 1.807) is 12.1 Å². The lowest BCUT2D eigenvalue weighted by molar-refractivity contribution is 0.312. The van der Waals surface area contributed by atoms with Crippen LogP contribution in [-0.2, 0) is 0 Å². The SMILES string of the molecule is COc1ccc2c(oc3c(OC)c(OC)c(OC)c(O)c32)c1O. The van der Waals surface area contributed by atoms with Crippen LogP contribution in [0.3, 0.4) is 0 Å². The molecule has 0 saturated heterocycles. The van der Waals surface area contributed by atoms with Crippen molar-refractivity contribution in [3.05, 3.63) is 12.1 Å². The Labute approximate surface area is 131 Å². The van der Waals surface area contributed by atoms with Crippen molar-refractivity contribution in [2.75, 3.05) is 28.4 Å². The van der Waals surface area contributed by atoms with Crippen LogP contribution >= 0.6 is 0 Å². The number of furan rings is 1. The van der Waals surface area contributed by atoms with Gasteiger partial charge in [-0.2, -0.15) is 0 Å². The number of hydrogen-bond donors (Lipinski definition) is 2. The van der Waals surface area contributed by atoms with Gasteiger partial charge in [0.25, 0.3) is 0 Å². The lowest BCUT2D eigenvalue weighted by Gasteiger charge is -2.13. The van der Waals surface area contributed by atoms with Crippen molar-refractivity contribution in [2.24, 2.45) is 0 Å². The van der Waals surface area contributed by atoms with Crippen molar-refractivity contribution in [1.29, 1.82) is 0 Å². The third kappa shape index (κ3) is 1.89. The summed E-state index contributed by atoms with van der Waals surface area (Å²) < 4.78 is 26.6. The minimum absolute atomic E-state index is 0.120. The van der Waals surface area contributed by atoms with Gasteiger partial charge in [0.1, 0.15) is 0 Å². The fraction of sp³-hybridized carbons (Fsp3) is 0.250. The highest BCUT2D eigenvalue weighted by atomic mass is 16.5. The molecule has 1 heterocycles. The molecule has 0 fully saturated rings. The maximum absolute atomic E-state index is 10.6. The molecule has 0 unspecified atom stereocenters. The minimum atomic E-state index is -0.166. The molecule has 2 N–H and O–H groups in total. The molecule has 0 amide bonds. The number of benzene rings is 2. The molecule has 0 saturated carbocycles. The molecule has 3 rings (SSSR count). The largest absolute Gasteiger partial charge is 0.504 e. The van der Waals surface area contributed by atoms with E-state index >= 15 is 0 Å². The molecular formula is C16H16O7. The number of rotatable bonds is 4. The predicted octanol–water partition coefficient (Wildman–Crippen LogP) is 3.03. The average Bonchev–Trinajstić information content (AvgIpc) is 2.95. The number of hydrogen-bond acceptors (Lipinski definition) is 7. The maximum atomic E-state index is 10.6. The van der Waals surface area contributed by atoms with Gasteiger partial charge in [-0.25, -0.2) is 0 Å². The van der Waals surface area contributed by atoms with E-state index in [4.69, 9.17) is 23.4 Å². The molecule has 0 aliphatic heterocycles. The Morgan fingerprint density at radius 1 is 0.739 bits per heavy atom. The van der Waals surface area contributed by atoms with Gasteiger partial charge in [0.05, 0.1) is 33.8 Å². The molecule has 3 aromatic rings. The van der Waals surface area contributed by atoms with Gasteiger partial charge in [-0.1, -0.05) is 0 Å². The van der Waals surface area contributed by atoms with Gasteiger partial charge < -0.3 is 33.6 Å². The minimum Gasteiger partial charge on any atom is -0.504 e. The van der Waals surface area contributed by atoms with Crippen molar-refractivity contribution in [2.45, 2.75) is 0 Å². The molecule has 7 nitrogen and oxygen atoms in total. The Bertz CT molecular complexity index is 895. The molecule has 0 spiro atoms. The van der Waals surface area contributed by atoms with Crippen LogP contribution in [-0.4, -0.2) is 38.7 Å². The first kappa shape index (κ1) is 15.0. The molecule has 0 atom stereocenters. The maximum Gasteiger partial charge on any atom is 0.211 e. The third-order valence-corrected chi connectivity index (χ3v) is 3.70. The van der Waals surface area contributed by atoms with Crippen LogP contribution < -0.4 is 18.9 Å². The van der Waals surface area contributed by atoms with Crippen LogP contribution in [0.5, 0.6) is 34.5 Å². The Morgan fingerprint density at radius 2 is 1.39 bits per heavy atom. The molecule has 0 aliphatic rings. The molecular weight excluding hydrogens is 304 g/mol. The molecule has 122 valence electrons. The van der Waals surface area contributed by atoms with Gasteiger partial charge in [-0.15, -0.1) is 0 Å². The summed E-state index contributed by atoms with van der Waals surface area (Å²) in [5, 5.41) is 21.7. The molecule has 0 aliphatic carbocycles. The van der Waals surface area contributed by atoms with E-state index in [1.807, 2.05) is 0 Å². The number of fused-ring (bicyclic) bond motifs is 3. The Kier molecular flexibility index (Phi) is 3.48. The van der Waals surface area contributed by atoms with E-state index < -0.39 is 0 Å². The molecule has 23 heavy (non-hydrogen) atoms. The fourth-order valence-electron chi connectivity index (χ4n) is 2.68. The summed E-state index contributed by atoms with van der Waals surface area (Å²) in [5.74, 6) is 0.505. The first-order valence-electron chi connectivity index (χ1n) is 6.72. The summed E-state index contributed by atoms with van der Waals surface area (Å²) in [7, 11) is 5.72. The zero-order valence-electron chi connectivity index (χ0n) is 13.1. The summed E-state index contributed by atoms with van der Waals surface area (Å²) in [6, 6.07) is 3.25. The monoisotopic (exact) mass is 320 g/mol. The topological polar surface area (TPSA) is 90.5 Å². The second-order valence-corrected chi connectivity index (χ2v) is 4.75. The normalized spacial score (nSPS) is 11.0. The summed E-state index contributed by atoms with van der Waals surface area (Å²) >= 11 is 0. The van der Waals surface area contributed by atoms with Crippen molar-refractivity contribution in [3.63, 3.8) is 0 Å². The number of aromatic hydroxyl groups is 2. The van der Waals surface area contributed by atoms with E-state index in [-0.39, 0.29) is 45.7 Å². The highest BCUT2D eigenvalue weighted by Gasteiger charge is 2.28. The summed E-state index contributed by atoms with van der Waals surface area (Å²) in [6.07, 6.45) is 0. The van der Waals surface area contributed by atoms with Crippen LogP contribution in [0, 0.1) is 0 Å². The van der Waals surface area contributed by atoms with Crippen LogP contribution in [0.4, 0.5) is 0 Å². The first-order valence-corrected chi connectivity index (χ1v) is 6.72. The van der Waals surface area contributed by atoms with Gasteiger partial charge >= 0.3 is 0 Å². The second kappa shape index (κ2) is 5.35. The molecule has 0 bridgehead atoms. The van der Waals surface area contributed by atoms with E-state index in [9.17, 15) is 10.2 Å². The first-order chi connectivity index (χ1) is 11.1. The Morgan fingerprint density at radius 3 is 1.96 bits per heavy atom. The van der Waals surface area contributed by atoms with E-state index in [1.165, 1.54) is 28.4 Å². The summed E-state index contributed by atoms with van der Waals surface area (Å²) in [4.78, 5) is 0.